The number of aromatic nitrogens is 2. The molecule has 1 aliphatic rings. The molecule has 1 fully saturated rings. The van der Waals surface area contributed by atoms with E-state index in [-0.39, 0.29) is 42.7 Å². The number of nitrogens with one attached hydrogen (secondary N) is 1. The van der Waals surface area contributed by atoms with E-state index in [0.29, 0.717) is 18.9 Å². The first-order valence-corrected chi connectivity index (χ1v) is 6.81. The highest BCUT2D eigenvalue weighted by Gasteiger charge is 2.29. The molecule has 0 atom stereocenters. The van der Waals surface area contributed by atoms with Gasteiger partial charge < -0.3 is 21.7 Å². The number of anilines is 2. The van der Waals surface area contributed by atoms with Crippen LogP contribution >= 0.6 is 24.8 Å². The predicted octanol–water partition coefficient (Wildman–Crippen LogP) is 0.679. The van der Waals surface area contributed by atoms with Crippen LogP contribution in [0.4, 0.5) is 11.8 Å². The van der Waals surface area contributed by atoms with Crippen molar-refractivity contribution in [3.8, 4) is 0 Å². The summed E-state index contributed by atoms with van der Waals surface area (Å²) in [6, 6.07) is 2.21. The van der Waals surface area contributed by atoms with E-state index >= 15 is 0 Å². The van der Waals surface area contributed by atoms with Crippen molar-refractivity contribution in [1.82, 2.24) is 15.3 Å². The number of nitrogens with zero attached hydrogens (tertiary/aromatic N) is 3. The topological polar surface area (TPSA) is 110 Å². The van der Waals surface area contributed by atoms with E-state index in [2.05, 4.69) is 15.3 Å². The summed E-state index contributed by atoms with van der Waals surface area (Å²) < 4.78 is 0. The fourth-order valence-electron chi connectivity index (χ4n) is 2.29. The van der Waals surface area contributed by atoms with Crippen molar-refractivity contribution in [3.05, 3.63) is 11.8 Å². The number of nitrogen functional groups attached to an aromatic ring is 1. The number of hydrogen-bond acceptors (Lipinski definition) is 6. The molecular weight excluding hydrogens is 327 g/mol. The predicted molar refractivity (Wildman–Crippen MR) is 92.8 cm³/mol. The standard InChI is InChI=1S/C13H22N6O.2ClH/c1-16-12(20)3-4-19(2)11-7-10(17-13(15)18-11)8-5-9(14)6-8;;/h7-9H,3-6,14H2,1-2H3,(H,16,20)(H2,15,17,18);2*1H. The van der Waals surface area contributed by atoms with E-state index in [0.717, 1.165) is 24.4 Å². The molecule has 9 heteroatoms. The highest BCUT2D eigenvalue weighted by molar-refractivity contribution is 5.85. The third kappa shape index (κ3) is 5.15. The maximum absolute atomic E-state index is 11.3. The minimum Gasteiger partial charge on any atom is -0.368 e. The molecule has 2 rings (SSSR count). The van der Waals surface area contributed by atoms with Crippen LogP contribution in [0.25, 0.3) is 0 Å². The van der Waals surface area contributed by atoms with Crippen LogP contribution in [0.15, 0.2) is 6.07 Å². The zero-order chi connectivity index (χ0) is 14.7. The Hall–Kier alpha value is -1.31. The first-order chi connectivity index (χ1) is 9.49. The average Bonchev–Trinajstić information content (AvgIpc) is 2.40. The number of nitrogens with two attached hydrogens (primary N) is 2. The number of carbonyl (C=O) groups is 1. The third-order valence-corrected chi connectivity index (χ3v) is 3.69. The van der Waals surface area contributed by atoms with Gasteiger partial charge in [-0.05, 0) is 12.8 Å². The molecule has 1 aromatic heterocycles. The molecule has 7 nitrogen and oxygen atoms in total. The monoisotopic (exact) mass is 350 g/mol. The lowest BCUT2D eigenvalue weighted by Crippen LogP contribution is -2.35. The van der Waals surface area contributed by atoms with Gasteiger partial charge in [0.25, 0.3) is 0 Å². The lowest BCUT2D eigenvalue weighted by atomic mass is 9.78. The first kappa shape index (κ1) is 20.7. The van der Waals surface area contributed by atoms with E-state index < -0.39 is 0 Å². The van der Waals surface area contributed by atoms with Crippen LogP contribution in [0.5, 0.6) is 0 Å². The van der Waals surface area contributed by atoms with Crippen LogP contribution in [-0.4, -0.2) is 42.6 Å². The van der Waals surface area contributed by atoms with Crippen LogP contribution in [-0.2, 0) is 4.79 Å². The fourth-order valence-corrected chi connectivity index (χ4v) is 2.29. The minimum absolute atomic E-state index is 0. The maximum atomic E-state index is 11.3. The van der Waals surface area contributed by atoms with E-state index in [4.69, 9.17) is 11.5 Å². The highest BCUT2D eigenvalue weighted by atomic mass is 35.5. The van der Waals surface area contributed by atoms with Gasteiger partial charge in [-0.25, -0.2) is 4.98 Å². The minimum atomic E-state index is 0. The second-order valence-corrected chi connectivity index (χ2v) is 5.28. The average molecular weight is 351 g/mol. The lowest BCUT2D eigenvalue weighted by Gasteiger charge is -2.32. The van der Waals surface area contributed by atoms with Crippen molar-refractivity contribution in [3.63, 3.8) is 0 Å². The summed E-state index contributed by atoms with van der Waals surface area (Å²) in [6.07, 6.45) is 2.30. The molecule has 1 amide bonds. The second kappa shape index (κ2) is 8.97. The molecule has 1 aromatic rings. The normalized spacial score (nSPS) is 19.2. The van der Waals surface area contributed by atoms with Crippen LogP contribution < -0.4 is 21.7 Å². The Morgan fingerprint density at radius 1 is 1.41 bits per heavy atom. The maximum Gasteiger partial charge on any atom is 0.222 e. The zero-order valence-electron chi connectivity index (χ0n) is 12.8. The molecule has 0 aliphatic heterocycles. The number of halogens is 2. The third-order valence-electron chi connectivity index (χ3n) is 3.69. The molecule has 0 aromatic carbocycles. The molecule has 1 heterocycles. The summed E-state index contributed by atoms with van der Waals surface area (Å²) in [5.41, 5.74) is 12.5. The smallest absolute Gasteiger partial charge is 0.222 e. The summed E-state index contributed by atoms with van der Waals surface area (Å²) >= 11 is 0. The van der Waals surface area contributed by atoms with Crippen molar-refractivity contribution in [2.24, 2.45) is 5.73 Å². The van der Waals surface area contributed by atoms with Crippen LogP contribution in [0.1, 0.15) is 30.9 Å². The number of hydrogen-bond donors (Lipinski definition) is 3. The van der Waals surface area contributed by atoms with Gasteiger partial charge in [-0.15, -0.1) is 24.8 Å². The first-order valence-electron chi connectivity index (χ1n) is 6.81. The fraction of sp³-hybridized carbons (Fsp3) is 0.615. The van der Waals surface area contributed by atoms with Crippen LogP contribution in [0.2, 0.25) is 0 Å². The molecule has 22 heavy (non-hydrogen) atoms. The van der Waals surface area contributed by atoms with Gasteiger partial charge in [0.1, 0.15) is 5.82 Å². The molecule has 1 aliphatic carbocycles. The van der Waals surface area contributed by atoms with Gasteiger partial charge in [-0.2, -0.15) is 4.98 Å². The van der Waals surface area contributed by atoms with Gasteiger partial charge in [-0.3, -0.25) is 4.79 Å². The van der Waals surface area contributed by atoms with E-state index in [9.17, 15) is 4.79 Å². The lowest BCUT2D eigenvalue weighted by molar-refractivity contribution is -0.120. The molecule has 126 valence electrons. The van der Waals surface area contributed by atoms with E-state index in [1.54, 1.807) is 7.05 Å². The van der Waals surface area contributed by atoms with E-state index in [1.165, 1.54) is 0 Å². The van der Waals surface area contributed by atoms with Crippen molar-refractivity contribution in [2.75, 3.05) is 31.3 Å². The van der Waals surface area contributed by atoms with Crippen LogP contribution in [0, 0.1) is 0 Å². The molecule has 0 radical (unpaired) electrons. The molecule has 0 unspecified atom stereocenters. The quantitative estimate of drug-likeness (QED) is 0.720. The Bertz CT molecular complexity index is 495. The van der Waals surface area contributed by atoms with Crippen molar-refractivity contribution in [2.45, 2.75) is 31.2 Å². The highest BCUT2D eigenvalue weighted by Crippen LogP contribution is 2.35. The summed E-state index contributed by atoms with van der Waals surface area (Å²) in [7, 11) is 3.52. The largest absolute Gasteiger partial charge is 0.368 e. The zero-order valence-corrected chi connectivity index (χ0v) is 14.4. The van der Waals surface area contributed by atoms with Gasteiger partial charge in [0.2, 0.25) is 11.9 Å². The Labute approximate surface area is 143 Å². The molecular formula is C13H24Cl2N6O. The summed E-state index contributed by atoms with van der Waals surface area (Å²) in [5, 5.41) is 2.60. The van der Waals surface area contributed by atoms with Gasteiger partial charge >= 0.3 is 0 Å². The molecule has 5 N–H and O–H groups in total. The van der Waals surface area contributed by atoms with Gasteiger partial charge in [0.05, 0.1) is 5.69 Å². The van der Waals surface area contributed by atoms with Crippen molar-refractivity contribution in [1.29, 1.82) is 0 Å². The Morgan fingerprint density at radius 3 is 2.59 bits per heavy atom. The molecule has 0 bridgehead atoms. The Morgan fingerprint density at radius 2 is 2.05 bits per heavy atom. The number of rotatable bonds is 5. The number of amides is 1. The van der Waals surface area contributed by atoms with Gasteiger partial charge in [-0.1, -0.05) is 0 Å². The van der Waals surface area contributed by atoms with Gasteiger partial charge in [0.15, 0.2) is 0 Å². The molecule has 0 saturated heterocycles. The van der Waals surface area contributed by atoms with Crippen molar-refractivity contribution >= 4 is 42.5 Å². The summed E-state index contributed by atoms with van der Waals surface area (Å²) in [4.78, 5) is 21.7. The number of carbonyl (C=O) groups excluding carboxylic acids is 1. The Kier molecular flexibility index (Phi) is 8.44. The van der Waals surface area contributed by atoms with E-state index in [1.807, 2.05) is 18.0 Å². The van der Waals surface area contributed by atoms with Crippen molar-refractivity contribution < 1.29 is 4.79 Å². The summed E-state index contributed by atoms with van der Waals surface area (Å²) in [5.74, 6) is 1.40. The SMILES string of the molecule is CNC(=O)CCN(C)c1cc(C2CC(N)C2)nc(N)n1.Cl.Cl. The summed E-state index contributed by atoms with van der Waals surface area (Å²) in [6.45, 7) is 0.583. The van der Waals surface area contributed by atoms with Crippen LogP contribution in [0.3, 0.4) is 0 Å². The van der Waals surface area contributed by atoms with Gasteiger partial charge in [0, 0.05) is 45.1 Å². The molecule has 0 spiro atoms. The second-order valence-electron chi connectivity index (χ2n) is 5.28. The molecule has 1 saturated carbocycles. The Balaban J connectivity index is 0.00000220.